The van der Waals surface area contributed by atoms with E-state index >= 15 is 0 Å². The van der Waals surface area contributed by atoms with Gasteiger partial charge in [0.15, 0.2) is 0 Å². The summed E-state index contributed by atoms with van der Waals surface area (Å²) in [7, 11) is 3.36. The lowest BCUT2D eigenvalue weighted by molar-refractivity contribution is -0.136. The molecule has 0 heterocycles. The fourth-order valence-corrected chi connectivity index (χ4v) is 1.65. The predicted molar refractivity (Wildman–Crippen MR) is 66.8 cm³/mol. The molecule has 0 atom stereocenters. The Balaban J connectivity index is 4.84. The quantitative estimate of drug-likeness (QED) is 0.801. The second kappa shape index (κ2) is 6.47. The summed E-state index contributed by atoms with van der Waals surface area (Å²) < 4.78 is 5.02. The summed E-state index contributed by atoms with van der Waals surface area (Å²) in [6.07, 6.45) is 0.330. The Labute approximate surface area is 103 Å². The van der Waals surface area contributed by atoms with Crippen molar-refractivity contribution in [3.63, 3.8) is 0 Å². The number of likely N-dealkylation sites (N-methyl/N-ethyl adjacent to an activating group) is 1. The number of ether oxygens (including phenoxy) is 1. The van der Waals surface area contributed by atoms with Crippen molar-refractivity contribution in [2.45, 2.75) is 52.2 Å². The molecule has 0 unspecified atom stereocenters. The minimum atomic E-state index is -0.866. The van der Waals surface area contributed by atoms with Crippen LogP contribution >= 0.6 is 0 Å². The van der Waals surface area contributed by atoms with E-state index in [0.29, 0.717) is 12.8 Å². The van der Waals surface area contributed by atoms with Gasteiger partial charge in [-0.3, -0.25) is 4.79 Å². The average molecular weight is 244 g/mol. The molecule has 0 aliphatic heterocycles. The third-order valence-corrected chi connectivity index (χ3v) is 2.71. The van der Waals surface area contributed by atoms with E-state index in [1.54, 1.807) is 27.9 Å². The van der Waals surface area contributed by atoms with Crippen molar-refractivity contribution in [1.82, 2.24) is 10.2 Å². The molecule has 100 valence electrons. The summed E-state index contributed by atoms with van der Waals surface area (Å²) in [5.41, 5.74) is -0.866. The van der Waals surface area contributed by atoms with E-state index in [4.69, 9.17) is 4.74 Å². The number of nitrogens with one attached hydrogen (secondary N) is 1. The van der Waals surface area contributed by atoms with E-state index in [0.717, 1.165) is 0 Å². The van der Waals surface area contributed by atoms with E-state index < -0.39 is 11.6 Å². The average Bonchev–Trinajstić information content (AvgIpc) is 2.23. The number of alkyl carbamates (subject to hydrolysis) is 1. The maximum Gasteiger partial charge on any atom is 0.408 e. The van der Waals surface area contributed by atoms with Crippen molar-refractivity contribution in [1.29, 1.82) is 0 Å². The Morgan fingerprint density at radius 1 is 1.24 bits per heavy atom. The summed E-state index contributed by atoms with van der Waals surface area (Å²) in [6.45, 7) is 7.29. The molecule has 0 aliphatic carbocycles. The van der Waals surface area contributed by atoms with Crippen LogP contribution in [0.4, 0.5) is 4.79 Å². The molecule has 0 rings (SSSR count). The smallest absolute Gasteiger partial charge is 0.408 e. The largest absolute Gasteiger partial charge is 0.447 e. The summed E-state index contributed by atoms with van der Waals surface area (Å²) >= 11 is 0. The van der Waals surface area contributed by atoms with Crippen molar-refractivity contribution < 1.29 is 14.3 Å². The highest BCUT2D eigenvalue weighted by atomic mass is 16.6. The first-order valence-electron chi connectivity index (χ1n) is 5.99. The standard InChI is InChI=1S/C12H24N2O3/c1-7-12(8-2,10(15)14(5)6)13-11(16)17-9(3)4/h9H,7-8H2,1-6H3,(H,13,16). The predicted octanol–water partition coefficient (Wildman–Crippen LogP) is 1.77. The molecular weight excluding hydrogens is 220 g/mol. The second-order valence-corrected chi connectivity index (χ2v) is 4.57. The van der Waals surface area contributed by atoms with Gasteiger partial charge in [-0.2, -0.15) is 0 Å². The lowest BCUT2D eigenvalue weighted by Gasteiger charge is -2.33. The number of carbonyl (C=O) groups excluding carboxylic acids is 2. The lowest BCUT2D eigenvalue weighted by Crippen LogP contribution is -2.58. The molecule has 0 aromatic heterocycles. The zero-order valence-corrected chi connectivity index (χ0v) is 11.7. The van der Waals surface area contributed by atoms with Crippen LogP contribution in [0.15, 0.2) is 0 Å². The van der Waals surface area contributed by atoms with Crippen LogP contribution in [-0.2, 0) is 9.53 Å². The monoisotopic (exact) mass is 244 g/mol. The third kappa shape index (κ3) is 4.24. The van der Waals surface area contributed by atoms with Crippen molar-refractivity contribution in [2.75, 3.05) is 14.1 Å². The van der Waals surface area contributed by atoms with Crippen molar-refractivity contribution in [2.24, 2.45) is 0 Å². The number of amides is 2. The first-order valence-corrected chi connectivity index (χ1v) is 5.99. The first kappa shape index (κ1) is 15.7. The van der Waals surface area contributed by atoms with Crippen LogP contribution in [0.2, 0.25) is 0 Å². The summed E-state index contributed by atoms with van der Waals surface area (Å²) in [5, 5.41) is 2.69. The van der Waals surface area contributed by atoms with Gasteiger partial charge in [-0.15, -0.1) is 0 Å². The zero-order valence-electron chi connectivity index (χ0n) is 11.7. The highest BCUT2D eigenvalue weighted by Gasteiger charge is 2.38. The molecule has 5 heteroatoms. The van der Waals surface area contributed by atoms with Gasteiger partial charge in [0.1, 0.15) is 5.54 Å². The SMILES string of the molecule is CCC(CC)(NC(=O)OC(C)C)C(=O)N(C)C. The molecule has 0 aromatic rings. The molecule has 0 saturated carbocycles. The number of nitrogens with zero attached hydrogens (tertiary/aromatic N) is 1. The molecule has 5 nitrogen and oxygen atoms in total. The lowest BCUT2D eigenvalue weighted by atomic mass is 9.91. The molecular formula is C12H24N2O3. The molecule has 0 bridgehead atoms. The van der Waals surface area contributed by atoms with Crippen LogP contribution in [0, 0.1) is 0 Å². The number of rotatable bonds is 5. The van der Waals surface area contributed by atoms with Crippen LogP contribution in [0.5, 0.6) is 0 Å². The molecule has 1 N–H and O–H groups in total. The minimum absolute atomic E-state index is 0.108. The zero-order chi connectivity index (χ0) is 13.6. The maximum absolute atomic E-state index is 12.1. The fraction of sp³-hybridized carbons (Fsp3) is 0.833. The van der Waals surface area contributed by atoms with E-state index in [2.05, 4.69) is 5.32 Å². The Morgan fingerprint density at radius 3 is 2.00 bits per heavy atom. The Bertz CT molecular complexity index is 271. The normalized spacial score (nSPS) is 11.2. The van der Waals surface area contributed by atoms with E-state index in [1.165, 1.54) is 4.90 Å². The van der Waals surface area contributed by atoms with E-state index in [-0.39, 0.29) is 12.0 Å². The second-order valence-electron chi connectivity index (χ2n) is 4.57. The summed E-state index contributed by atoms with van der Waals surface area (Å²) in [5.74, 6) is -0.108. The Hall–Kier alpha value is -1.26. The molecule has 0 aliphatic rings. The van der Waals surface area contributed by atoms with Crippen LogP contribution in [0.1, 0.15) is 40.5 Å². The van der Waals surface area contributed by atoms with Crippen LogP contribution in [0.3, 0.4) is 0 Å². The van der Waals surface area contributed by atoms with Crippen molar-refractivity contribution in [3.05, 3.63) is 0 Å². The summed E-state index contributed by atoms with van der Waals surface area (Å²) in [4.78, 5) is 25.2. The fourth-order valence-electron chi connectivity index (χ4n) is 1.65. The summed E-state index contributed by atoms with van der Waals surface area (Å²) in [6, 6.07) is 0. The van der Waals surface area contributed by atoms with Gasteiger partial charge in [0, 0.05) is 14.1 Å². The highest BCUT2D eigenvalue weighted by Crippen LogP contribution is 2.18. The molecule has 0 spiro atoms. The molecule has 0 saturated heterocycles. The van der Waals surface area contributed by atoms with Crippen molar-refractivity contribution >= 4 is 12.0 Å². The van der Waals surface area contributed by atoms with Crippen molar-refractivity contribution in [3.8, 4) is 0 Å². The maximum atomic E-state index is 12.1. The topological polar surface area (TPSA) is 58.6 Å². The van der Waals surface area contributed by atoms with Crippen LogP contribution in [0.25, 0.3) is 0 Å². The molecule has 0 radical (unpaired) electrons. The van der Waals surface area contributed by atoms with Gasteiger partial charge >= 0.3 is 6.09 Å². The van der Waals surface area contributed by atoms with E-state index in [9.17, 15) is 9.59 Å². The number of carbonyl (C=O) groups is 2. The van der Waals surface area contributed by atoms with Gasteiger partial charge in [-0.1, -0.05) is 13.8 Å². The van der Waals surface area contributed by atoms with Gasteiger partial charge in [0.25, 0.3) is 0 Å². The Morgan fingerprint density at radius 2 is 1.71 bits per heavy atom. The minimum Gasteiger partial charge on any atom is -0.447 e. The molecule has 0 fully saturated rings. The van der Waals surface area contributed by atoms with E-state index in [1.807, 2.05) is 13.8 Å². The van der Waals surface area contributed by atoms with Gasteiger partial charge < -0.3 is 15.0 Å². The van der Waals surface area contributed by atoms with Gasteiger partial charge in [-0.25, -0.2) is 4.79 Å². The van der Waals surface area contributed by atoms with Gasteiger partial charge in [-0.05, 0) is 26.7 Å². The van der Waals surface area contributed by atoms with Gasteiger partial charge in [0.05, 0.1) is 6.10 Å². The number of hydrogen-bond donors (Lipinski definition) is 1. The first-order chi connectivity index (χ1) is 7.79. The molecule has 0 aromatic carbocycles. The Kier molecular flexibility index (Phi) is 5.99. The number of hydrogen-bond acceptors (Lipinski definition) is 3. The molecule has 2 amide bonds. The van der Waals surface area contributed by atoms with Crippen LogP contribution in [-0.4, -0.2) is 42.6 Å². The third-order valence-electron chi connectivity index (χ3n) is 2.71. The highest BCUT2D eigenvalue weighted by molar-refractivity contribution is 5.89. The van der Waals surface area contributed by atoms with Crippen LogP contribution < -0.4 is 5.32 Å². The van der Waals surface area contributed by atoms with Gasteiger partial charge in [0.2, 0.25) is 5.91 Å². The molecule has 17 heavy (non-hydrogen) atoms.